The van der Waals surface area contributed by atoms with Crippen LogP contribution in [0.15, 0.2) is 11.6 Å². The van der Waals surface area contributed by atoms with Gasteiger partial charge >= 0.3 is 5.97 Å². The van der Waals surface area contributed by atoms with Crippen molar-refractivity contribution < 1.29 is 19.5 Å². The Balaban J connectivity index is 3.15. The first-order valence-electron chi connectivity index (χ1n) is 5.58. The quantitative estimate of drug-likeness (QED) is 0.816. The monoisotopic (exact) mass is 238 g/mol. The Kier molecular flexibility index (Phi) is 3.28. The number of hydrogen-bond acceptors (Lipinski definition) is 3. The lowest BCUT2D eigenvalue weighted by Gasteiger charge is -2.43. The molecule has 1 aliphatic rings. The molecule has 1 rings (SSSR count). The van der Waals surface area contributed by atoms with Crippen molar-refractivity contribution in [2.45, 2.75) is 40.5 Å². The van der Waals surface area contributed by atoms with Gasteiger partial charge in [-0.3, -0.25) is 14.4 Å². The molecule has 0 aromatic heterocycles. The Hall–Kier alpha value is -1.45. The lowest BCUT2D eigenvalue weighted by molar-refractivity contribution is -0.146. The number of carbonyl (C=O) groups is 3. The van der Waals surface area contributed by atoms with Crippen molar-refractivity contribution >= 4 is 17.5 Å². The highest BCUT2D eigenvalue weighted by molar-refractivity contribution is 6.11. The number of rotatable bonds is 3. The van der Waals surface area contributed by atoms with Gasteiger partial charge in [-0.15, -0.1) is 0 Å². The second kappa shape index (κ2) is 4.09. The summed E-state index contributed by atoms with van der Waals surface area (Å²) in [6.07, 6.45) is 1.30. The van der Waals surface area contributed by atoms with E-state index >= 15 is 0 Å². The van der Waals surface area contributed by atoms with Crippen molar-refractivity contribution in [3.8, 4) is 0 Å². The fourth-order valence-corrected chi connectivity index (χ4v) is 2.13. The van der Waals surface area contributed by atoms with Crippen molar-refractivity contribution in [3.05, 3.63) is 11.6 Å². The molecule has 0 amide bonds. The molecule has 1 N–H and O–H groups in total. The van der Waals surface area contributed by atoms with Crippen molar-refractivity contribution in [1.29, 1.82) is 0 Å². The topological polar surface area (TPSA) is 71.4 Å². The lowest BCUT2D eigenvalue weighted by atomic mass is 9.58. The normalized spacial score (nSPS) is 25.8. The molecule has 1 atom stereocenters. The van der Waals surface area contributed by atoms with Gasteiger partial charge in [0.1, 0.15) is 0 Å². The maximum absolute atomic E-state index is 12.1. The van der Waals surface area contributed by atoms with Gasteiger partial charge in [-0.05, 0) is 24.0 Å². The molecule has 4 heteroatoms. The summed E-state index contributed by atoms with van der Waals surface area (Å²) >= 11 is 0. The standard InChI is InChI=1S/C13H18O4/c1-8-5-10(15)13(4,6-9(8)14)12(2,3)7-11(16)17/h5H,6-7H2,1-4H3,(H,16,17). The number of Topliss-reactive ketones (excluding diaryl/α,β-unsaturated/α-hetero) is 1. The number of ketones is 2. The summed E-state index contributed by atoms with van der Waals surface area (Å²) in [7, 11) is 0. The summed E-state index contributed by atoms with van der Waals surface area (Å²) in [5.74, 6) is -1.19. The van der Waals surface area contributed by atoms with Crippen LogP contribution in [0.4, 0.5) is 0 Å². The summed E-state index contributed by atoms with van der Waals surface area (Å²) in [5.41, 5.74) is -1.22. The van der Waals surface area contributed by atoms with E-state index in [4.69, 9.17) is 5.11 Å². The first kappa shape index (κ1) is 13.6. The molecule has 0 bridgehead atoms. The number of aliphatic carboxylic acids is 1. The van der Waals surface area contributed by atoms with E-state index in [-0.39, 0.29) is 24.4 Å². The number of carboxylic acid groups (broad SMARTS) is 1. The van der Waals surface area contributed by atoms with Crippen LogP contribution in [-0.4, -0.2) is 22.6 Å². The van der Waals surface area contributed by atoms with E-state index in [2.05, 4.69) is 0 Å². The van der Waals surface area contributed by atoms with Crippen LogP contribution < -0.4 is 0 Å². The maximum Gasteiger partial charge on any atom is 0.303 e. The predicted octanol–water partition coefficient (Wildman–Crippen LogP) is 1.98. The first-order chi connectivity index (χ1) is 7.60. The second-order valence-corrected chi connectivity index (χ2v) is 5.58. The van der Waals surface area contributed by atoms with Crippen LogP contribution in [0.1, 0.15) is 40.5 Å². The molecule has 0 aromatic rings. The zero-order chi connectivity index (χ0) is 13.4. The molecule has 1 aliphatic carbocycles. The minimum atomic E-state index is -0.956. The Morgan fingerprint density at radius 3 is 2.47 bits per heavy atom. The fraction of sp³-hybridized carbons (Fsp3) is 0.615. The van der Waals surface area contributed by atoms with Crippen LogP contribution in [0.2, 0.25) is 0 Å². The molecule has 4 nitrogen and oxygen atoms in total. The molecule has 0 saturated heterocycles. The van der Waals surface area contributed by atoms with Crippen molar-refractivity contribution in [3.63, 3.8) is 0 Å². The molecule has 0 fully saturated rings. The van der Waals surface area contributed by atoms with Gasteiger partial charge in [0.2, 0.25) is 0 Å². The molecule has 1 unspecified atom stereocenters. The third-order valence-corrected chi connectivity index (χ3v) is 3.93. The van der Waals surface area contributed by atoms with E-state index in [1.54, 1.807) is 27.7 Å². The van der Waals surface area contributed by atoms with E-state index in [0.29, 0.717) is 5.57 Å². The first-order valence-corrected chi connectivity index (χ1v) is 5.58. The SMILES string of the molecule is CC1=CC(=O)C(C)(C(C)(C)CC(=O)O)CC1=O. The molecule has 0 aromatic carbocycles. The highest BCUT2D eigenvalue weighted by Gasteiger charge is 2.50. The summed E-state index contributed by atoms with van der Waals surface area (Å²) < 4.78 is 0. The van der Waals surface area contributed by atoms with Crippen molar-refractivity contribution in [2.24, 2.45) is 10.8 Å². The van der Waals surface area contributed by atoms with Crippen LogP contribution in [0.5, 0.6) is 0 Å². The maximum atomic E-state index is 12.1. The molecule has 0 radical (unpaired) electrons. The van der Waals surface area contributed by atoms with Crippen LogP contribution in [0.25, 0.3) is 0 Å². The third-order valence-electron chi connectivity index (χ3n) is 3.93. The number of carbonyl (C=O) groups excluding carboxylic acids is 2. The second-order valence-electron chi connectivity index (χ2n) is 5.58. The van der Waals surface area contributed by atoms with Crippen molar-refractivity contribution in [1.82, 2.24) is 0 Å². The lowest BCUT2D eigenvalue weighted by Crippen LogP contribution is -2.46. The third kappa shape index (κ3) is 2.30. The largest absolute Gasteiger partial charge is 0.481 e. The molecular formula is C13H18O4. The molecule has 0 saturated carbocycles. The zero-order valence-electron chi connectivity index (χ0n) is 10.7. The van der Waals surface area contributed by atoms with Crippen LogP contribution in [0.3, 0.4) is 0 Å². The van der Waals surface area contributed by atoms with Gasteiger partial charge in [0.05, 0.1) is 6.42 Å². The molecule has 94 valence electrons. The average molecular weight is 238 g/mol. The zero-order valence-corrected chi connectivity index (χ0v) is 10.7. The summed E-state index contributed by atoms with van der Waals surface area (Å²) in [6.45, 7) is 6.74. The Labute approximate surface area is 101 Å². The van der Waals surface area contributed by atoms with E-state index in [1.165, 1.54) is 6.08 Å². The number of carboxylic acids is 1. The number of allylic oxidation sites excluding steroid dienone is 2. The van der Waals surface area contributed by atoms with Gasteiger partial charge in [0, 0.05) is 11.8 Å². The summed E-state index contributed by atoms with van der Waals surface area (Å²) in [6, 6.07) is 0. The molecule has 0 spiro atoms. The van der Waals surface area contributed by atoms with E-state index in [9.17, 15) is 14.4 Å². The van der Waals surface area contributed by atoms with Gasteiger partial charge in [-0.1, -0.05) is 20.8 Å². The molecule has 0 heterocycles. The van der Waals surface area contributed by atoms with E-state index in [1.807, 2.05) is 0 Å². The summed E-state index contributed by atoms with van der Waals surface area (Å²) in [5, 5.41) is 8.89. The molecule has 0 aliphatic heterocycles. The Morgan fingerprint density at radius 2 is 2.00 bits per heavy atom. The average Bonchev–Trinajstić information content (AvgIpc) is 2.12. The van der Waals surface area contributed by atoms with Gasteiger partial charge in [0.25, 0.3) is 0 Å². The van der Waals surface area contributed by atoms with E-state index < -0.39 is 16.8 Å². The van der Waals surface area contributed by atoms with Crippen LogP contribution >= 0.6 is 0 Å². The highest BCUT2D eigenvalue weighted by atomic mass is 16.4. The summed E-state index contributed by atoms with van der Waals surface area (Å²) in [4.78, 5) is 34.6. The highest BCUT2D eigenvalue weighted by Crippen LogP contribution is 2.47. The van der Waals surface area contributed by atoms with Gasteiger partial charge in [0.15, 0.2) is 11.6 Å². The Morgan fingerprint density at radius 1 is 1.47 bits per heavy atom. The van der Waals surface area contributed by atoms with Gasteiger partial charge < -0.3 is 5.11 Å². The van der Waals surface area contributed by atoms with Gasteiger partial charge in [-0.2, -0.15) is 0 Å². The minimum Gasteiger partial charge on any atom is -0.481 e. The molecular weight excluding hydrogens is 220 g/mol. The fourth-order valence-electron chi connectivity index (χ4n) is 2.13. The van der Waals surface area contributed by atoms with Crippen LogP contribution in [0, 0.1) is 10.8 Å². The molecule has 17 heavy (non-hydrogen) atoms. The van der Waals surface area contributed by atoms with Gasteiger partial charge in [-0.25, -0.2) is 0 Å². The van der Waals surface area contributed by atoms with E-state index in [0.717, 1.165) is 0 Å². The number of hydrogen-bond donors (Lipinski definition) is 1. The van der Waals surface area contributed by atoms with Crippen molar-refractivity contribution in [2.75, 3.05) is 0 Å². The smallest absolute Gasteiger partial charge is 0.303 e. The Bertz CT molecular complexity index is 417. The minimum absolute atomic E-state index is 0.0782. The van der Waals surface area contributed by atoms with Crippen LogP contribution in [-0.2, 0) is 14.4 Å². The predicted molar refractivity (Wildman–Crippen MR) is 62.5 cm³/mol.